The fourth-order valence-electron chi connectivity index (χ4n) is 1.79. The number of nitro groups is 2. The molecule has 1 aromatic rings. The number of nitrogens with zero attached hydrogens (tertiary/aromatic N) is 2. The van der Waals surface area contributed by atoms with Crippen molar-refractivity contribution < 1.29 is 14.9 Å². The van der Waals surface area contributed by atoms with Crippen molar-refractivity contribution in [2.45, 2.75) is 33.0 Å². The first-order chi connectivity index (χ1) is 8.55. The number of rotatable bonds is 3. The van der Waals surface area contributed by atoms with Gasteiger partial charge in [-0.3, -0.25) is 20.2 Å². The van der Waals surface area contributed by atoms with E-state index in [0.29, 0.717) is 5.56 Å². The zero-order chi connectivity index (χ0) is 15.0. The van der Waals surface area contributed by atoms with Gasteiger partial charge in [-0.2, -0.15) is 0 Å². The Morgan fingerprint density at radius 1 is 1.11 bits per heavy atom. The van der Waals surface area contributed by atoms with Crippen molar-refractivity contribution in [1.29, 1.82) is 0 Å². The van der Waals surface area contributed by atoms with Crippen LogP contribution in [0.1, 0.15) is 26.3 Å². The summed E-state index contributed by atoms with van der Waals surface area (Å²) in [6.07, 6.45) is 0. The van der Waals surface area contributed by atoms with E-state index in [9.17, 15) is 25.3 Å². The highest BCUT2D eigenvalue weighted by Gasteiger charge is 2.33. The molecule has 0 aliphatic rings. The van der Waals surface area contributed by atoms with Crippen LogP contribution in [0, 0.1) is 20.2 Å². The van der Waals surface area contributed by atoms with Crippen LogP contribution < -0.4 is 5.46 Å². The van der Waals surface area contributed by atoms with E-state index in [1.165, 1.54) is 19.0 Å². The molecule has 102 valence electrons. The average molecular weight is 266 g/mol. The highest BCUT2D eigenvalue weighted by atomic mass is 16.6. The highest BCUT2D eigenvalue weighted by Crippen LogP contribution is 2.29. The van der Waals surface area contributed by atoms with Gasteiger partial charge in [0.25, 0.3) is 11.4 Å². The van der Waals surface area contributed by atoms with E-state index >= 15 is 0 Å². The van der Waals surface area contributed by atoms with Gasteiger partial charge in [0.05, 0.1) is 9.85 Å². The number of hydrogen-bond donors (Lipinski definition) is 1. The summed E-state index contributed by atoms with van der Waals surface area (Å²) in [6.45, 7) is 5.40. The maximum atomic E-state index is 11.1. The maximum absolute atomic E-state index is 11.1. The summed E-state index contributed by atoms with van der Waals surface area (Å²) >= 11 is 0. The standard InChI is InChI=1S/C11H15BN2O5/c1-11(2,3)7-5-8(13(16)17)10(12(4)15)9(6-7)14(18)19/h5-6,15H,1-4H3. The van der Waals surface area contributed by atoms with Crippen molar-refractivity contribution in [1.82, 2.24) is 0 Å². The number of hydrogen-bond acceptors (Lipinski definition) is 5. The van der Waals surface area contributed by atoms with Crippen molar-refractivity contribution in [3.63, 3.8) is 0 Å². The van der Waals surface area contributed by atoms with Crippen LogP contribution in [0.3, 0.4) is 0 Å². The molecule has 0 unspecified atom stereocenters. The Kier molecular flexibility index (Phi) is 3.95. The minimum absolute atomic E-state index is 0.261. The number of nitro benzene ring substituents is 2. The number of benzene rings is 1. The van der Waals surface area contributed by atoms with Crippen LogP contribution in [-0.4, -0.2) is 21.8 Å². The molecule has 0 aromatic heterocycles. The van der Waals surface area contributed by atoms with E-state index in [2.05, 4.69) is 0 Å². The van der Waals surface area contributed by atoms with Gasteiger partial charge < -0.3 is 5.02 Å². The Bertz CT molecular complexity index is 501. The fraction of sp³-hybridized carbons (Fsp3) is 0.455. The van der Waals surface area contributed by atoms with Gasteiger partial charge in [-0.25, -0.2) is 0 Å². The van der Waals surface area contributed by atoms with Crippen molar-refractivity contribution in [2.24, 2.45) is 0 Å². The largest absolute Gasteiger partial charge is 0.446 e. The van der Waals surface area contributed by atoms with E-state index in [1.807, 2.05) is 0 Å². The summed E-state index contributed by atoms with van der Waals surface area (Å²) in [7, 11) is 0. The van der Waals surface area contributed by atoms with Gasteiger partial charge in [0.1, 0.15) is 5.46 Å². The Morgan fingerprint density at radius 3 is 1.68 bits per heavy atom. The molecule has 0 aliphatic heterocycles. The SMILES string of the molecule is CB(O)c1c([N+](=O)[O-])cc(C(C)(C)C)cc1[N+](=O)[O-]. The minimum atomic E-state index is -1.28. The van der Waals surface area contributed by atoms with Gasteiger partial charge in [0.15, 0.2) is 0 Å². The van der Waals surface area contributed by atoms with Crippen molar-refractivity contribution in [3.8, 4) is 0 Å². The molecule has 19 heavy (non-hydrogen) atoms. The molecule has 0 fully saturated rings. The van der Waals surface area contributed by atoms with Gasteiger partial charge in [0.2, 0.25) is 0 Å². The van der Waals surface area contributed by atoms with Gasteiger partial charge in [-0.1, -0.05) is 27.6 Å². The third-order valence-electron chi connectivity index (χ3n) is 2.81. The predicted molar refractivity (Wildman–Crippen MR) is 71.9 cm³/mol. The van der Waals surface area contributed by atoms with E-state index in [0.717, 1.165) is 0 Å². The molecule has 0 radical (unpaired) electrons. The lowest BCUT2D eigenvalue weighted by Gasteiger charge is -2.19. The molecule has 0 atom stereocenters. The van der Waals surface area contributed by atoms with Crippen molar-refractivity contribution in [2.75, 3.05) is 0 Å². The lowest BCUT2D eigenvalue weighted by Crippen LogP contribution is -2.32. The third kappa shape index (κ3) is 3.08. The molecule has 0 saturated carbocycles. The second kappa shape index (κ2) is 4.97. The van der Waals surface area contributed by atoms with E-state index in [1.54, 1.807) is 20.8 Å². The quantitative estimate of drug-likeness (QED) is 0.508. The summed E-state index contributed by atoms with van der Waals surface area (Å²) in [6, 6.07) is 2.57. The Balaban J connectivity index is 3.73. The summed E-state index contributed by atoms with van der Waals surface area (Å²) in [5.41, 5.74) is -1.09. The Hall–Kier alpha value is -1.96. The maximum Gasteiger partial charge on any atom is 0.336 e. The molecule has 0 heterocycles. The summed E-state index contributed by atoms with van der Waals surface area (Å²) in [4.78, 5) is 20.7. The van der Waals surface area contributed by atoms with Crippen LogP contribution in [0.5, 0.6) is 0 Å². The first-order valence-corrected chi connectivity index (χ1v) is 5.71. The molecule has 7 nitrogen and oxygen atoms in total. The van der Waals surface area contributed by atoms with Crippen molar-refractivity contribution in [3.05, 3.63) is 37.9 Å². The molecule has 1 N–H and O–H groups in total. The minimum Gasteiger partial charge on any atom is -0.446 e. The lowest BCUT2D eigenvalue weighted by molar-refractivity contribution is -0.392. The fourth-order valence-corrected chi connectivity index (χ4v) is 1.79. The van der Waals surface area contributed by atoms with Gasteiger partial charge in [-0.05, 0) is 11.0 Å². The second-order valence-electron chi connectivity index (χ2n) is 5.37. The highest BCUT2D eigenvalue weighted by molar-refractivity contribution is 6.67. The molecule has 0 amide bonds. The van der Waals surface area contributed by atoms with Crippen molar-refractivity contribution >= 4 is 23.8 Å². The van der Waals surface area contributed by atoms with Crippen LogP contribution in [0.25, 0.3) is 0 Å². The van der Waals surface area contributed by atoms with Crippen LogP contribution in [0.4, 0.5) is 11.4 Å². The first kappa shape index (κ1) is 15.1. The van der Waals surface area contributed by atoms with E-state index in [-0.39, 0.29) is 5.46 Å². The molecular weight excluding hydrogens is 251 g/mol. The summed E-state index contributed by atoms with van der Waals surface area (Å²) in [5.74, 6) is 0. The normalized spacial score (nSPS) is 11.2. The second-order valence-corrected chi connectivity index (χ2v) is 5.37. The lowest BCUT2D eigenvalue weighted by atomic mass is 9.62. The monoisotopic (exact) mass is 266 g/mol. The Labute approximate surface area is 110 Å². The molecule has 0 spiro atoms. The third-order valence-corrected chi connectivity index (χ3v) is 2.81. The van der Waals surface area contributed by atoms with Crippen LogP contribution in [0.2, 0.25) is 6.82 Å². The molecule has 8 heteroatoms. The smallest absolute Gasteiger partial charge is 0.336 e. The van der Waals surface area contributed by atoms with Crippen LogP contribution >= 0.6 is 0 Å². The van der Waals surface area contributed by atoms with E-state index in [4.69, 9.17) is 0 Å². The molecule has 1 rings (SSSR count). The molecule has 1 aromatic carbocycles. The van der Waals surface area contributed by atoms with Gasteiger partial charge >= 0.3 is 6.92 Å². The average Bonchev–Trinajstić information content (AvgIpc) is 2.25. The first-order valence-electron chi connectivity index (χ1n) is 5.71. The topological polar surface area (TPSA) is 107 Å². The van der Waals surface area contributed by atoms with Crippen LogP contribution in [-0.2, 0) is 5.41 Å². The molecule has 0 bridgehead atoms. The zero-order valence-electron chi connectivity index (χ0n) is 11.2. The van der Waals surface area contributed by atoms with Crippen LogP contribution in [0.15, 0.2) is 12.1 Å². The molecular formula is C11H15BN2O5. The zero-order valence-corrected chi connectivity index (χ0v) is 11.2. The summed E-state index contributed by atoms with van der Waals surface area (Å²) in [5, 5.41) is 31.7. The van der Waals surface area contributed by atoms with Gasteiger partial charge in [0, 0.05) is 12.1 Å². The Morgan fingerprint density at radius 2 is 1.47 bits per heavy atom. The molecule has 0 saturated heterocycles. The molecule has 0 aliphatic carbocycles. The van der Waals surface area contributed by atoms with E-state index < -0.39 is 33.6 Å². The predicted octanol–water partition coefficient (Wildman–Crippen LogP) is 1.62. The summed E-state index contributed by atoms with van der Waals surface area (Å²) < 4.78 is 0. The van der Waals surface area contributed by atoms with Gasteiger partial charge in [-0.15, -0.1) is 0 Å².